The number of aromatic nitrogens is 8. The fraction of sp³-hybridized carbons (Fsp3) is 0.545. The zero-order chi connectivity index (χ0) is 40.1. The lowest BCUT2D eigenvalue weighted by atomic mass is 10.1. The molecule has 2 fully saturated rings. The Balaban J connectivity index is 0.000000237. The van der Waals surface area contributed by atoms with Gasteiger partial charge in [0.1, 0.15) is 36.6 Å². The third kappa shape index (κ3) is 8.77. The number of aliphatic hydroxyl groups is 4. The van der Waals surface area contributed by atoms with Crippen LogP contribution < -0.4 is 32.0 Å². The van der Waals surface area contributed by atoms with Crippen LogP contribution in [0.1, 0.15) is 12.5 Å². The van der Waals surface area contributed by atoms with Crippen LogP contribution in [-0.4, -0.2) is 126 Å². The zero-order valence-corrected chi connectivity index (χ0v) is 30.1. The Bertz CT molecular complexity index is 2270. The minimum atomic E-state index is -5.78. The van der Waals surface area contributed by atoms with Crippen LogP contribution in [0.2, 0.25) is 0 Å². The molecule has 0 radical (unpaired) electrons. The van der Waals surface area contributed by atoms with E-state index >= 15 is 0 Å². The first-order valence-corrected chi connectivity index (χ1v) is 19.3. The highest BCUT2D eigenvalue weighted by atomic mass is 31.3. The summed E-state index contributed by atoms with van der Waals surface area (Å²) in [6, 6.07) is 0. The van der Waals surface area contributed by atoms with E-state index in [1.807, 2.05) is 0 Å². The van der Waals surface area contributed by atoms with Crippen molar-refractivity contribution in [1.29, 1.82) is 0 Å². The van der Waals surface area contributed by atoms with Gasteiger partial charge in [0.25, 0.3) is 24.9 Å². The number of nitrogens with zero attached hydrogens (tertiary/aromatic N) is 6. The summed E-state index contributed by atoms with van der Waals surface area (Å²) in [4.78, 5) is 78.4. The minimum absolute atomic E-state index is 0.0388. The minimum Gasteiger partial charge on any atom is -0.756 e. The standard InChI is InChI=1S/C12H20N5O14P3.C10H13N5O5/c1-16-4-17(9-6(16)10(19)15-12(13)14-9)11-8(27-2)7(18)5(29-11)3-28-33(23,24)31-34(25,26)30-32(20,21)22;11-10-13-7-4(8(19)14-10)12-2-15(7)9-6(18)5(17)3(1-16)20-9/h4-5,7-8,11,18H,3H2,1-2H3,(H6-,13,14,15,19,20,21,22,23,24,25,26);2-3,5-6,9,16-18H,1H2,(H3,11,13,14,19)/t5-,7-,8-,11-;3-,5-,6-,9-/m11/s1. The lowest BCUT2D eigenvalue weighted by Crippen LogP contribution is -2.47. The van der Waals surface area contributed by atoms with Crippen LogP contribution in [0.15, 0.2) is 22.2 Å². The number of anilines is 2. The van der Waals surface area contributed by atoms with E-state index in [0.29, 0.717) is 0 Å². The third-order valence-corrected chi connectivity index (χ3v) is 11.5. The molecular weight excluding hydrogens is 801 g/mol. The van der Waals surface area contributed by atoms with Crippen molar-refractivity contribution in [2.45, 2.75) is 49.1 Å². The Morgan fingerprint density at radius 3 is 2.24 bits per heavy atom. The van der Waals surface area contributed by atoms with E-state index in [1.165, 1.54) is 40.5 Å². The molecule has 2 saturated heterocycles. The van der Waals surface area contributed by atoms with Gasteiger partial charge in [-0.1, -0.05) is 4.98 Å². The van der Waals surface area contributed by atoms with Crippen molar-refractivity contribution in [2.75, 3.05) is 31.8 Å². The smallest absolute Gasteiger partial charge is 0.487 e. The predicted octanol–water partition coefficient (Wildman–Crippen LogP) is -5.57. The summed E-state index contributed by atoms with van der Waals surface area (Å²) in [6.07, 6.45) is -7.08. The number of aryl methyl sites for hydroxylation is 1. The van der Waals surface area contributed by atoms with Gasteiger partial charge in [-0.15, -0.1) is 0 Å². The molecular formula is C22H33N10O19P3. The van der Waals surface area contributed by atoms with Gasteiger partial charge >= 0.3 is 21.3 Å². The number of hydrogen-bond acceptors (Lipinski definition) is 21. The van der Waals surface area contributed by atoms with Gasteiger partial charge in [-0.2, -0.15) is 9.29 Å². The van der Waals surface area contributed by atoms with E-state index in [4.69, 9.17) is 45.5 Å². The molecule has 0 aliphatic carbocycles. The van der Waals surface area contributed by atoms with E-state index in [0.717, 1.165) is 0 Å². The Labute approximate surface area is 298 Å². The summed E-state index contributed by atoms with van der Waals surface area (Å²) >= 11 is 0. The monoisotopic (exact) mass is 834 g/mol. The van der Waals surface area contributed by atoms with Crippen molar-refractivity contribution in [2.24, 2.45) is 7.05 Å². The molecule has 6 rings (SSSR count). The second-order valence-electron chi connectivity index (χ2n) is 11.4. The summed E-state index contributed by atoms with van der Waals surface area (Å²) in [7, 11) is -14.3. The Morgan fingerprint density at radius 2 is 1.63 bits per heavy atom. The van der Waals surface area contributed by atoms with Gasteiger partial charge in [-0.05, 0) is 0 Å². The van der Waals surface area contributed by atoms with Crippen molar-refractivity contribution in [3.63, 3.8) is 0 Å². The van der Waals surface area contributed by atoms with Gasteiger partial charge in [-0.25, -0.2) is 23.0 Å². The van der Waals surface area contributed by atoms with Crippen LogP contribution in [0.5, 0.6) is 0 Å². The largest absolute Gasteiger partial charge is 0.756 e. The fourth-order valence-electron chi connectivity index (χ4n) is 5.49. The number of nitrogens with two attached hydrogens (primary N) is 2. The van der Waals surface area contributed by atoms with Crippen LogP contribution in [0.4, 0.5) is 11.9 Å². The molecule has 13 N–H and O–H groups in total. The summed E-state index contributed by atoms with van der Waals surface area (Å²) < 4.78 is 65.6. The number of ether oxygens (including phenoxy) is 3. The second kappa shape index (κ2) is 15.5. The molecule has 0 bridgehead atoms. The van der Waals surface area contributed by atoms with Crippen LogP contribution in [0, 0.1) is 0 Å². The Hall–Kier alpha value is -3.57. The maximum Gasteiger partial charge on any atom is 0.487 e. The molecule has 0 aromatic carbocycles. The Morgan fingerprint density at radius 1 is 0.981 bits per heavy atom. The highest BCUT2D eigenvalue weighted by Crippen LogP contribution is 2.65. The number of aromatic amines is 2. The number of H-pyrrole nitrogens is 2. The Kier molecular flexibility index (Phi) is 12.0. The number of nitrogen functional groups attached to an aromatic ring is 2. The summed E-state index contributed by atoms with van der Waals surface area (Å²) in [5, 5.41) is 39.3. The van der Waals surface area contributed by atoms with Crippen molar-refractivity contribution >= 4 is 57.7 Å². The number of nitrogens with one attached hydrogen (secondary N) is 2. The number of fused-ring (bicyclic) bond motifs is 2. The summed E-state index contributed by atoms with van der Waals surface area (Å²) in [5.74, 6) is -0.309. The predicted molar refractivity (Wildman–Crippen MR) is 170 cm³/mol. The zero-order valence-electron chi connectivity index (χ0n) is 27.4. The van der Waals surface area contributed by atoms with Crippen molar-refractivity contribution in [3.05, 3.63) is 33.4 Å². The maximum atomic E-state index is 12.2. The molecule has 54 heavy (non-hydrogen) atoms. The molecule has 300 valence electrons. The average molecular weight is 834 g/mol. The van der Waals surface area contributed by atoms with Gasteiger partial charge in [0.05, 0.1) is 26.6 Å². The molecule has 10 atom stereocenters. The number of phosphoric acid groups is 3. The van der Waals surface area contributed by atoms with E-state index in [-0.39, 0.29) is 34.2 Å². The maximum absolute atomic E-state index is 12.2. The normalized spacial score (nSPS) is 28.2. The molecule has 6 heterocycles. The molecule has 2 aliphatic heterocycles. The number of phosphoric ester groups is 1. The first kappa shape index (κ1) is 41.6. The third-order valence-electron chi connectivity index (χ3n) is 7.70. The number of imidazole rings is 2. The van der Waals surface area contributed by atoms with E-state index < -0.39 is 96.9 Å². The van der Waals surface area contributed by atoms with Crippen molar-refractivity contribution in [3.8, 4) is 0 Å². The van der Waals surface area contributed by atoms with Crippen LogP contribution in [0.3, 0.4) is 0 Å². The average Bonchev–Trinajstić information content (AvgIpc) is 3.77. The lowest BCUT2D eigenvalue weighted by molar-refractivity contribution is -0.746. The summed E-state index contributed by atoms with van der Waals surface area (Å²) in [5.41, 5.74) is 10.3. The van der Waals surface area contributed by atoms with Gasteiger partial charge in [0.2, 0.25) is 17.7 Å². The molecule has 0 saturated carbocycles. The second-order valence-corrected chi connectivity index (χ2v) is 15.8. The van der Waals surface area contributed by atoms with Crippen LogP contribution in [-0.2, 0) is 48.1 Å². The molecule has 0 amide bonds. The van der Waals surface area contributed by atoms with Gasteiger partial charge < -0.3 is 70.2 Å². The SMILES string of the molecule is CO[C@@H]1[C@H](O)[C@@H](COP(=O)([O-])OP(=O)(O)OP(=O)(O)O)O[C@H]1[n+]1cn(C)c2c(=O)[nH]c(N)nc21.Nc1nc2c(ncn2[C@@H]2O[C@H](CO)[C@@H](O)[C@H]2O)c(=O)[nH]1. The quantitative estimate of drug-likeness (QED) is 0.0496. The molecule has 32 heteroatoms. The molecule has 4 aromatic rings. The highest BCUT2D eigenvalue weighted by Gasteiger charge is 2.49. The highest BCUT2D eigenvalue weighted by molar-refractivity contribution is 7.66. The number of methoxy groups -OCH3 is 1. The van der Waals surface area contributed by atoms with Gasteiger partial charge in [0.15, 0.2) is 23.7 Å². The number of hydrogen-bond donors (Lipinski definition) is 11. The number of aliphatic hydroxyl groups excluding tert-OH is 4. The van der Waals surface area contributed by atoms with E-state index in [1.54, 1.807) is 0 Å². The van der Waals surface area contributed by atoms with E-state index in [2.05, 4.69) is 38.1 Å². The topological polar surface area (TPSA) is 441 Å². The fourth-order valence-corrected chi connectivity index (χ4v) is 8.49. The summed E-state index contributed by atoms with van der Waals surface area (Å²) in [6.45, 7) is -1.42. The van der Waals surface area contributed by atoms with Crippen molar-refractivity contribution in [1.82, 2.24) is 34.1 Å². The first-order chi connectivity index (χ1) is 25.1. The van der Waals surface area contributed by atoms with Crippen molar-refractivity contribution < 1.29 is 85.6 Å². The van der Waals surface area contributed by atoms with Gasteiger partial charge in [0, 0.05) is 7.11 Å². The lowest BCUT2D eigenvalue weighted by Gasteiger charge is -2.26. The molecule has 0 spiro atoms. The molecule has 4 aromatic heterocycles. The van der Waals surface area contributed by atoms with Crippen LogP contribution in [0.25, 0.3) is 22.3 Å². The van der Waals surface area contributed by atoms with E-state index in [9.17, 15) is 43.5 Å². The molecule has 29 nitrogen and oxygen atoms in total. The molecule has 2 aliphatic rings. The first-order valence-electron chi connectivity index (χ1n) is 14.8. The number of rotatable bonds is 11. The molecule has 2 unspecified atom stereocenters. The van der Waals surface area contributed by atoms with Gasteiger partial charge in [-0.3, -0.25) is 33.3 Å². The van der Waals surface area contributed by atoms with Crippen LogP contribution >= 0.6 is 23.5 Å².